The van der Waals surface area contributed by atoms with Crippen LogP contribution in [0.2, 0.25) is 0 Å². The van der Waals surface area contributed by atoms with Gasteiger partial charge in [0.15, 0.2) is 5.76 Å². The first-order chi connectivity index (χ1) is 10.8. The number of hydrogen-bond donors (Lipinski definition) is 1. The van der Waals surface area contributed by atoms with Crippen molar-refractivity contribution in [2.75, 3.05) is 13.1 Å². The fourth-order valence-electron chi connectivity index (χ4n) is 4.09. The molecule has 2 heterocycles. The van der Waals surface area contributed by atoms with E-state index < -0.39 is 0 Å². The molecule has 2 aromatic rings. The first-order valence-corrected chi connectivity index (χ1v) is 8.28. The molecule has 0 radical (unpaired) electrons. The lowest BCUT2D eigenvalue weighted by atomic mass is 9.78. The zero-order chi connectivity index (χ0) is 14.9. The predicted octanol–water partition coefficient (Wildman–Crippen LogP) is 2.90. The molecule has 1 aliphatic carbocycles. The summed E-state index contributed by atoms with van der Waals surface area (Å²) in [7, 11) is 0. The highest BCUT2D eigenvalue weighted by atomic mass is 16.5. The molecule has 4 nitrogen and oxygen atoms in total. The molecule has 4 rings (SSSR count). The molecule has 2 fully saturated rings. The van der Waals surface area contributed by atoms with E-state index in [4.69, 9.17) is 10.3 Å². The molecule has 1 aromatic carbocycles. The Balaban J connectivity index is 1.43. The highest BCUT2D eigenvalue weighted by molar-refractivity contribution is 5.56. The third kappa shape index (κ3) is 2.69. The number of fused-ring (bicyclic) bond motifs is 1. The Hall–Kier alpha value is -1.65. The van der Waals surface area contributed by atoms with Crippen molar-refractivity contribution in [1.82, 2.24) is 10.1 Å². The summed E-state index contributed by atoms with van der Waals surface area (Å²) in [4.78, 5) is 2.49. The second-order valence-corrected chi connectivity index (χ2v) is 6.76. The Morgan fingerprint density at radius 2 is 2.05 bits per heavy atom. The van der Waals surface area contributed by atoms with Crippen molar-refractivity contribution in [2.45, 2.75) is 31.8 Å². The van der Waals surface area contributed by atoms with Crippen LogP contribution in [0.1, 0.15) is 25.0 Å². The van der Waals surface area contributed by atoms with Crippen LogP contribution in [0.25, 0.3) is 11.3 Å². The van der Waals surface area contributed by atoms with Gasteiger partial charge in [0.05, 0.1) is 5.69 Å². The first kappa shape index (κ1) is 14.0. The maximum Gasteiger partial charge on any atom is 0.167 e. The molecule has 1 saturated heterocycles. The summed E-state index contributed by atoms with van der Waals surface area (Å²) in [5, 5.41) is 4.24. The van der Waals surface area contributed by atoms with E-state index in [1.165, 1.54) is 19.3 Å². The van der Waals surface area contributed by atoms with E-state index in [1.54, 1.807) is 0 Å². The molecule has 3 atom stereocenters. The molecule has 4 heteroatoms. The Bertz CT molecular complexity index is 624. The van der Waals surface area contributed by atoms with E-state index >= 15 is 0 Å². The fourth-order valence-corrected chi connectivity index (χ4v) is 4.09. The van der Waals surface area contributed by atoms with Gasteiger partial charge >= 0.3 is 0 Å². The fraction of sp³-hybridized carbons (Fsp3) is 0.500. The van der Waals surface area contributed by atoms with Gasteiger partial charge in [-0.05, 0) is 24.7 Å². The third-order valence-electron chi connectivity index (χ3n) is 5.23. The van der Waals surface area contributed by atoms with Crippen molar-refractivity contribution in [3.8, 4) is 11.3 Å². The van der Waals surface area contributed by atoms with Gasteiger partial charge in [0.25, 0.3) is 0 Å². The number of nitrogens with two attached hydrogens (primary N) is 1. The maximum atomic E-state index is 6.29. The Labute approximate surface area is 131 Å². The van der Waals surface area contributed by atoms with Crippen molar-refractivity contribution < 1.29 is 4.52 Å². The minimum atomic E-state index is 0.390. The maximum absolute atomic E-state index is 6.29. The zero-order valence-electron chi connectivity index (χ0n) is 12.8. The van der Waals surface area contributed by atoms with Crippen LogP contribution in [0, 0.1) is 11.8 Å². The van der Waals surface area contributed by atoms with E-state index in [2.05, 4.69) is 16.1 Å². The van der Waals surface area contributed by atoms with Crippen LogP contribution in [0.4, 0.5) is 0 Å². The van der Waals surface area contributed by atoms with Crippen molar-refractivity contribution in [1.29, 1.82) is 0 Å². The van der Waals surface area contributed by atoms with Crippen LogP contribution in [0.15, 0.2) is 40.9 Å². The molecular formula is C18H23N3O. The monoisotopic (exact) mass is 297 g/mol. The van der Waals surface area contributed by atoms with E-state index in [-0.39, 0.29) is 0 Å². The molecule has 0 bridgehead atoms. The predicted molar refractivity (Wildman–Crippen MR) is 86.0 cm³/mol. The molecule has 22 heavy (non-hydrogen) atoms. The van der Waals surface area contributed by atoms with Gasteiger partial charge in [-0.25, -0.2) is 0 Å². The lowest BCUT2D eigenvalue weighted by Gasteiger charge is -2.29. The second kappa shape index (κ2) is 5.86. The van der Waals surface area contributed by atoms with Crippen LogP contribution >= 0.6 is 0 Å². The Morgan fingerprint density at radius 1 is 1.18 bits per heavy atom. The highest BCUT2D eigenvalue weighted by Gasteiger charge is 2.38. The zero-order valence-corrected chi connectivity index (χ0v) is 12.8. The van der Waals surface area contributed by atoms with Crippen molar-refractivity contribution in [3.63, 3.8) is 0 Å². The molecular weight excluding hydrogens is 274 g/mol. The standard InChI is InChI=1S/C18H23N3O/c19-17-8-4-7-14-10-21(12-16(14)17)11-15-9-18(22-20-15)13-5-2-1-3-6-13/h1-3,5-6,9,14,16-17H,4,7-8,10-12,19H2. The average Bonchev–Trinajstić information content (AvgIpc) is 3.16. The van der Waals surface area contributed by atoms with E-state index in [9.17, 15) is 0 Å². The summed E-state index contributed by atoms with van der Waals surface area (Å²) in [6.45, 7) is 3.14. The largest absolute Gasteiger partial charge is 0.356 e. The van der Waals surface area contributed by atoms with Gasteiger partial charge in [0.1, 0.15) is 0 Å². The summed E-state index contributed by atoms with van der Waals surface area (Å²) in [6, 6.07) is 12.6. The Kier molecular flexibility index (Phi) is 3.72. The molecule has 1 saturated carbocycles. The van der Waals surface area contributed by atoms with Gasteiger partial charge in [-0.1, -0.05) is 41.9 Å². The molecule has 0 spiro atoms. The van der Waals surface area contributed by atoms with Crippen LogP contribution in [-0.4, -0.2) is 29.2 Å². The smallest absolute Gasteiger partial charge is 0.167 e. The molecule has 2 aliphatic rings. The lowest BCUT2D eigenvalue weighted by Crippen LogP contribution is -2.38. The molecule has 1 aliphatic heterocycles. The number of rotatable bonds is 3. The van der Waals surface area contributed by atoms with E-state index in [0.29, 0.717) is 12.0 Å². The highest BCUT2D eigenvalue weighted by Crippen LogP contribution is 2.36. The molecule has 3 unspecified atom stereocenters. The number of benzene rings is 1. The second-order valence-electron chi connectivity index (χ2n) is 6.76. The first-order valence-electron chi connectivity index (χ1n) is 8.28. The van der Waals surface area contributed by atoms with Crippen molar-refractivity contribution >= 4 is 0 Å². The van der Waals surface area contributed by atoms with Gasteiger partial charge < -0.3 is 10.3 Å². The number of nitrogens with zero attached hydrogens (tertiary/aromatic N) is 2. The number of aromatic nitrogens is 1. The van der Waals surface area contributed by atoms with Gasteiger partial charge in [0, 0.05) is 37.3 Å². The molecule has 116 valence electrons. The summed E-state index contributed by atoms with van der Waals surface area (Å²) >= 11 is 0. The third-order valence-corrected chi connectivity index (χ3v) is 5.23. The minimum absolute atomic E-state index is 0.390. The van der Waals surface area contributed by atoms with Gasteiger partial charge in [-0.3, -0.25) is 4.90 Å². The van der Waals surface area contributed by atoms with Crippen LogP contribution < -0.4 is 5.73 Å². The summed E-state index contributed by atoms with van der Waals surface area (Å²) in [5.74, 6) is 2.31. The summed E-state index contributed by atoms with van der Waals surface area (Å²) < 4.78 is 5.50. The molecule has 1 aromatic heterocycles. The Morgan fingerprint density at radius 3 is 2.86 bits per heavy atom. The summed E-state index contributed by atoms with van der Waals surface area (Å²) in [6.07, 6.45) is 3.82. The van der Waals surface area contributed by atoms with Crippen LogP contribution in [0.3, 0.4) is 0 Å². The minimum Gasteiger partial charge on any atom is -0.356 e. The van der Waals surface area contributed by atoms with Crippen LogP contribution in [-0.2, 0) is 6.54 Å². The average molecular weight is 297 g/mol. The van der Waals surface area contributed by atoms with Crippen LogP contribution in [0.5, 0.6) is 0 Å². The van der Waals surface area contributed by atoms with E-state index in [1.807, 2.05) is 30.3 Å². The van der Waals surface area contributed by atoms with Gasteiger partial charge in [-0.15, -0.1) is 0 Å². The van der Waals surface area contributed by atoms with Crippen molar-refractivity contribution in [2.24, 2.45) is 17.6 Å². The van der Waals surface area contributed by atoms with Gasteiger partial charge in [0.2, 0.25) is 0 Å². The lowest BCUT2D eigenvalue weighted by molar-refractivity contribution is 0.259. The van der Waals surface area contributed by atoms with E-state index in [0.717, 1.165) is 42.6 Å². The topological polar surface area (TPSA) is 55.3 Å². The normalized spacial score (nSPS) is 28.7. The van der Waals surface area contributed by atoms with Gasteiger partial charge in [-0.2, -0.15) is 0 Å². The quantitative estimate of drug-likeness (QED) is 0.946. The SMILES string of the molecule is NC1CCCC2CN(Cc3cc(-c4ccccc4)on3)CC12. The number of hydrogen-bond acceptors (Lipinski definition) is 4. The summed E-state index contributed by atoms with van der Waals surface area (Å²) in [5.41, 5.74) is 8.40. The molecule has 2 N–H and O–H groups in total. The molecule has 0 amide bonds. The van der Waals surface area contributed by atoms with Crippen molar-refractivity contribution in [3.05, 3.63) is 42.1 Å². The number of likely N-dealkylation sites (tertiary alicyclic amines) is 1.